The highest BCUT2D eigenvalue weighted by atomic mass is 19.1. The molecule has 1 aliphatic rings. The van der Waals surface area contributed by atoms with Gasteiger partial charge in [-0.25, -0.2) is 9.37 Å². The van der Waals surface area contributed by atoms with E-state index in [-0.39, 0.29) is 24.2 Å². The minimum absolute atomic E-state index is 0.0436. The molecule has 4 rings (SSSR count). The summed E-state index contributed by atoms with van der Waals surface area (Å²) in [4.78, 5) is 33.8. The van der Waals surface area contributed by atoms with Crippen LogP contribution in [-0.4, -0.2) is 44.9 Å². The van der Waals surface area contributed by atoms with Gasteiger partial charge in [0, 0.05) is 31.5 Å². The Morgan fingerprint density at radius 1 is 1.17 bits per heavy atom. The van der Waals surface area contributed by atoms with Crippen molar-refractivity contribution in [2.75, 3.05) is 13.1 Å². The van der Waals surface area contributed by atoms with E-state index in [2.05, 4.69) is 9.97 Å². The fraction of sp³-hybridized carbons (Fsp3) is 0.318. The molecular formula is C22H22FN3O3. The number of rotatable bonds is 5. The van der Waals surface area contributed by atoms with Crippen molar-refractivity contribution in [3.63, 3.8) is 0 Å². The minimum Gasteiger partial charge on any atom is -0.481 e. The standard InChI is InChI=1S/C22H22FN3O3/c23-17-5-3-4-15(10-17)22(29)26-9-8-14(12-21(27)28)16(13-26)11-20-24-18-6-1-2-7-19(18)25-20/h1-7,10,14,16H,8-9,11-13H2,(H,24,25)(H,27,28). The Labute approximate surface area is 167 Å². The average molecular weight is 395 g/mol. The monoisotopic (exact) mass is 395 g/mol. The summed E-state index contributed by atoms with van der Waals surface area (Å²) < 4.78 is 13.5. The lowest BCUT2D eigenvalue weighted by Gasteiger charge is -2.38. The molecule has 0 saturated carbocycles. The summed E-state index contributed by atoms with van der Waals surface area (Å²) in [6.45, 7) is 0.883. The molecule has 2 heterocycles. The molecule has 1 saturated heterocycles. The molecule has 3 aromatic rings. The van der Waals surface area contributed by atoms with Gasteiger partial charge in [-0.1, -0.05) is 18.2 Å². The number of aliphatic carboxylic acids is 1. The fourth-order valence-corrected chi connectivity index (χ4v) is 4.14. The predicted octanol–water partition coefficient (Wildman–Crippen LogP) is 3.50. The number of nitrogens with one attached hydrogen (secondary N) is 1. The van der Waals surface area contributed by atoms with E-state index in [9.17, 15) is 19.1 Å². The van der Waals surface area contributed by atoms with Crippen molar-refractivity contribution >= 4 is 22.9 Å². The zero-order valence-electron chi connectivity index (χ0n) is 15.8. The van der Waals surface area contributed by atoms with Crippen LogP contribution in [0.25, 0.3) is 11.0 Å². The largest absolute Gasteiger partial charge is 0.481 e. The van der Waals surface area contributed by atoms with Crippen molar-refractivity contribution in [3.05, 3.63) is 65.7 Å². The molecule has 2 N–H and O–H groups in total. The molecule has 1 fully saturated rings. The molecule has 150 valence electrons. The van der Waals surface area contributed by atoms with Crippen molar-refractivity contribution in [2.45, 2.75) is 19.3 Å². The van der Waals surface area contributed by atoms with E-state index >= 15 is 0 Å². The van der Waals surface area contributed by atoms with Crippen LogP contribution in [0.5, 0.6) is 0 Å². The number of amides is 1. The predicted molar refractivity (Wildman–Crippen MR) is 106 cm³/mol. The maximum absolute atomic E-state index is 13.5. The molecular weight excluding hydrogens is 373 g/mol. The van der Waals surface area contributed by atoms with Crippen molar-refractivity contribution in [2.24, 2.45) is 11.8 Å². The number of aromatic nitrogens is 2. The van der Waals surface area contributed by atoms with E-state index in [0.29, 0.717) is 31.5 Å². The number of carboxylic acid groups (broad SMARTS) is 1. The van der Waals surface area contributed by atoms with Crippen LogP contribution >= 0.6 is 0 Å². The summed E-state index contributed by atoms with van der Waals surface area (Å²) in [5, 5.41) is 9.30. The molecule has 7 heteroatoms. The van der Waals surface area contributed by atoms with Crippen LogP contribution in [0, 0.1) is 17.7 Å². The molecule has 2 aromatic carbocycles. The van der Waals surface area contributed by atoms with E-state index in [0.717, 1.165) is 16.9 Å². The zero-order chi connectivity index (χ0) is 20.4. The number of aromatic amines is 1. The van der Waals surface area contributed by atoms with Gasteiger partial charge in [0.05, 0.1) is 11.0 Å². The summed E-state index contributed by atoms with van der Waals surface area (Å²) in [7, 11) is 0. The Kier molecular flexibility index (Phi) is 5.29. The second-order valence-corrected chi connectivity index (χ2v) is 7.57. The van der Waals surface area contributed by atoms with Crippen molar-refractivity contribution in [3.8, 4) is 0 Å². The number of carbonyl (C=O) groups is 2. The Balaban J connectivity index is 1.55. The first-order chi connectivity index (χ1) is 14.0. The molecule has 6 nitrogen and oxygen atoms in total. The molecule has 2 unspecified atom stereocenters. The summed E-state index contributed by atoms with van der Waals surface area (Å²) in [5.74, 6) is -0.820. The number of hydrogen-bond donors (Lipinski definition) is 2. The molecule has 29 heavy (non-hydrogen) atoms. The number of likely N-dealkylation sites (tertiary alicyclic amines) is 1. The third-order valence-corrected chi connectivity index (χ3v) is 5.58. The van der Waals surface area contributed by atoms with Crippen LogP contribution in [0.3, 0.4) is 0 Å². The number of nitrogens with zero attached hydrogens (tertiary/aromatic N) is 2. The third-order valence-electron chi connectivity index (χ3n) is 5.58. The number of fused-ring (bicyclic) bond motifs is 1. The molecule has 1 amide bonds. The number of imidazole rings is 1. The van der Waals surface area contributed by atoms with Crippen LogP contribution in [0.1, 0.15) is 29.0 Å². The van der Waals surface area contributed by atoms with Gasteiger partial charge in [-0.05, 0) is 48.6 Å². The lowest BCUT2D eigenvalue weighted by molar-refractivity contribution is -0.139. The number of hydrogen-bond acceptors (Lipinski definition) is 3. The zero-order valence-corrected chi connectivity index (χ0v) is 15.8. The molecule has 0 spiro atoms. The number of piperidine rings is 1. The second-order valence-electron chi connectivity index (χ2n) is 7.57. The number of halogens is 1. The van der Waals surface area contributed by atoms with Gasteiger partial charge in [0.1, 0.15) is 11.6 Å². The van der Waals surface area contributed by atoms with E-state index in [4.69, 9.17) is 0 Å². The highest BCUT2D eigenvalue weighted by Crippen LogP contribution is 2.30. The van der Waals surface area contributed by atoms with E-state index < -0.39 is 11.8 Å². The lowest BCUT2D eigenvalue weighted by atomic mass is 9.81. The van der Waals surface area contributed by atoms with Crippen LogP contribution < -0.4 is 0 Å². The van der Waals surface area contributed by atoms with Crippen molar-refractivity contribution < 1.29 is 19.1 Å². The summed E-state index contributed by atoms with van der Waals surface area (Å²) >= 11 is 0. The number of para-hydroxylation sites is 2. The van der Waals surface area contributed by atoms with Gasteiger partial charge in [-0.15, -0.1) is 0 Å². The van der Waals surface area contributed by atoms with Gasteiger partial charge in [-0.2, -0.15) is 0 Å². The van der Waals surface area contributed by atoms with E-state index in [1.165, 1.54) is 18.2 Å². The number of benzene rings is 2. The van der Waals surface area contributed by atoms with Gasteiger partial charge >= 0.3 is 5.97 Å². The smallest absolute Gasteiger partial charge is 0.303 e. The summed E-state index contributed by atoms with van der Waals surface area (Å²) in [6.07, 6.45) is 1.21. The molecule has 1 aliphatic heterocycles. The Morgan fingerprint density at radius 3 is 2.76 bits per heavy atom. The Hall–Kier alpha value is -3.22. The summed E-state index contributed by atoms with van der Waals surface area (Å²) in [5.41, 5.74) is 2.10. The first kappa shape index (κ1) is 19.1. The SMILES string of the molecule is O=C(O)CC1CCN(C(=O)c2cccc(F)c2)CC1Cc1nc2ccccc2[nH]1. The third kappa shape index (κ3) is 4.29. The first-order valence-electron chi connectivity index (χ1n) is 9.70. The molecule has 2 atom stereocenters. The number of carbonyl (C=O) groups excluding carboxylic acids is 1. The normalized spacial score (nSPS) is 19.4. The first-order valence-corrected chi connectivity index (χ1v) is 9.70. The maximum atomic E-state index is 13.5. The average Bonchev–Trinajstić information content (AvgIpc) is 3.11. The molecule has 0 aliphatic carbocycles. The van der Waals surface area contributed by atoms with Gasteiger partial charge in [0.25, 0.3) is 5.91 Å². The highest BCUT2D eigenvalue weighted by molar-refractivity contribution is 5.94. The lowest BCUT2D eigenvalue weighted by Crippen LogP contribution is -2.45. The van der Waals surface area contributed by atoms with Gasteiger partial charge in [0.2, 0.25) is 0 Å². The van der Waals surface area contributed by atoms with E-state index in [1.807, 2.05) is 24.3 Å². The van der Waals surface area contributed by atoms with Gasteiger partial charge in [-0.3, -0.25) is 9.59 Å². The Bertz CT molecular complexity index is 1020. The topological polar surface area (TPSA) is 86.3 Å². The quantitative estimate of drug-likeness (QED) is 0.692. The van der Waals surface area contributed by atoms with Crippen LogP contribution in [0.15, 0.2) is 48.5 Å². The molecule has 0 radical (unpaired) electrons. The van der Waals surface area contributed by atoms with Crippen molar-refractivity contribution in [1.29, 1.82) is 0 Å². The van der Waals surface area contributed by atoms with Crippen LogP contribution in [0.2, 0.25) is 0 Å². The molecule has 0 bridgehead atoms. The highest BCUT2D eigenvalue weighted by Gasteiger charge is 2.33. The van der Waals surface area contributed by atoms with E-state index in [1.54, 1.807) is 11.0 Å². The van der Waals surface area contributed by atoms with Gasteiger partial charge < -0.3 is 15.0 Å². The number of carboxylic acids is 1. The van der Waals surface area contributed by atoms with Crippen LogP contribution in [0.4, 0.5) is 4.39 Å². The maximum Gasteiger partial charge on any atom is 0.303 e. The minimum atomic E-state index is -0.838. The van der Waals surface area contributed by atoms with Crippen LogP contribution in [-0.2, 0) is 11.2 Å². The fourth-order valence-electron chi connectivity index (χ4n) is 4.14. The number of H-pyrrole nitrogens is 1. The molecule has 1 aromatic heterocycles. The van der Waals surface area contributed by atoms with Crippen molar-refractivity contribution in [1.82, 2.24) is 14.9 Å². The van der Waals surface area contributed by atoms with Gasteiger partial charge in [0.15, 0.2) is 0 Å². The summed E-state index contributed by atoms with van der Waals surface area (Å²) in [6, 6.07) is 13.4. The second kappa shape index (κ2) is 8.03. The Morgan fingerprint density at radius 2 is 2.00 bits per heavy atom.